The Kier molecular flexibility index (Phi) is 6.36. The number of sulfonamides is 1. The van der Waals surface area contributed by atoms with Gasteiger partial charge in [0.15, 0.2) is 0 Å². The number of nitrogens with zero attached hydrogens (tertiary/aromatic N) is 3. The monoisotopic (exact) mass is 454 g/mol. The lowest BCUT2D eigenvalue weighted by Crippen LogP contribution is -2.22. The van der Waals surface area contributed by atoms with E-state index in [0.29, 0.717) is 26.4 Å². The van der Waals surface area contributed by atoms with Crippen LogP contribution in [0.5, 0.6) is 0 Å². The van der Waals surface area contributed by atoms with Crippen LogP contribution < -0.4 is 5.43 Å². The fraction of sp³-hybridized carbons (Fsp3) is 0.111. The topological polar surface area (TPSA) is 74.7 Å². The summed E-state index contributed by atoms with van der Waals surface area (Å²) in [4.78, 5) is 4.66. The number of hydrogen-bond acceptors (Lipinski definition) is 6. The highest BCUT2D eigenvalue weighted by molar-refractivity contribution is 7.89. The molecule has 0 saturated heterocycles. The molecule has 0 aliphatic heterocycles. The fourth-order valence-corrected chi connectivity index (χ4v) is 4.32. The van der Waals surface area contributed by atoms with E-state index >= 15 is 0 Å². The lowest BCUT2D eigenvalue weighted by Gasteiger charge is -2.11. The van der Waals surface area contributed by atoms with Crippen molar-refractivity contribution >= 4 is 55.9 Å². The summed E-state index contributed by atoms with van der Waals surface area (Å²) in [6.07, 6.45) is 1.57. The summed E-state index contributed by atoms with van der Waals surface area (Å²) in [5, 5.41) is 7.58. The normalized spacial score (nSPS) is 12.0. The number of hydrazone groups is 1. The molecule has 0 saturated carbocycles. The Hall–Kier alpha value is -1.97. The molecule has 0 atom stereocenters. The molecule has 10 heteroatoms. The molecule has 0 fully saturated rings. The van der Waals surface area contributed by atoms with E-state index in [-0.39, 0.29) is 4.90 Å². The van der Waals surface area contributed by atoms with Crippen molar-refractivity contribution in [2.45, 2.75) is 4.90 Å². The third-order valence-electron chi connectivity index (χ3n) is 3.74. The smallest absolute Gasteiger partial charge is 0.242 e. The van der Waals surface area contributed by atoms with Gasteiger partial charge in [-0.3, -0.25) is 5.43 Å². The second-order valence-electron chi connectivity index (χ2n) is 5.89. The van der Waals surface area contributed by atoms with Crippen LogP contribution in [0.15, 0.2) is 57.8 Å². The minimum atomic E-state index is -3.50. The highest BCUT2D eigenvalue weighted by atomic mass is 35.5. The predicted molar refractivity (Wildman–Crippen MR) is 116 cm³/mol. The van der Waals surface area contributed by atoms with Crippen LogP contribution in [0, 0.1) is 0 Å². The molecular formula is C18H16Cl2N4O2S2. The van der Waals surface area contributed by atoms with Gasteiger partial charge in [0.05, 0.1) is 21.8 Å². The van der Waals surface area contributed by atoms with Crippen LogP contribution in [0.1, 0.15) is 5.56 Å². The maximum Gasteiger partial charge on any atom is 0.242 e. The molecule has 3 rings (SSSR count). The Morgan fingerprint density at radius 1 is 1.18 bits per heavy atom. The number of rotatable bonds is 6. The molecule has 6 nitrogen and oxygen atoms in total. The van der Waals surface area contributed by atoms with Crippen molar-refractivity contribution in [2.75, 3.05) is 19.5 Å². The average Bonchev–Trinajstić information content (AvgIpc) is 3.12. The van der Waals surface area contributed by atoms with E-state index in [9.17, 15) is 8.42 Å². The number of halogens is 2. The molecule has 1 aromatic heterocycles. The molecule has 0 amide bonds. The second-order valence-corrected chi connectivity index (χ2v) is 9.74. The molecule has 1 heterocycles. The zero-order valence-electron chi connectivity index (χ0n) is 14.9. The van der Waals surface area contributed by atoms with Crippen molar-refractivity contribution in [1.82, 2.24) is 9.29 Å². The van der Waals surface area contributed by atoms with E-state index in [1.165, 1.54) is 29.7 Å². The van der Waals surface area contributed by atoms with E-state index < -0.39 is 10.0 Å². The van der Waals surface area contributed by atoms with Gasteiger partial charge in [-0.25, -0.2) is 17.7 Å². The van der Waals surface area contributed by atoms with E-state index in [1.807, 2.05) is 11.4 Å². The van der Waals surface area contributed by atoms with Crippen LogP contribution in [-0.4, -0.2) is 38.0 Å². The van der Waals surface area contributed by atoms with E-state index in [4.69, 9.17) is 23.2 Å². The number of hydrogen-bond donors (Lipinski definition) is 1. The van der Waals surface area contributed by atoms with Crippen molar-refractivity contribution in [2.24, 2.45) is 5.10 Å². The number of nitrogens with one attached hydrogen (secondary N) is 1. The maximum absolute atomic E-state index is 12.3. The van der Waals surface area contributed by atoms with Crippen molar-refractivity contribution < 1.29 is 8.42 Å². The summed E-state index contributed by atoms with van der Waals surface area (Å²) in [5.74, 6) is 0. The number of aromatic nitrogens is 1. The Balaban J connectivity index is 1.77. The third-order valence-corrected chi connectivity index (χ3v) is 6.86. The molecule has 1 N–H and O–H groups in total. The first-order chi connectivity index (χ1) is 13.3. The summed E-state index contributed by atoms with van der Waals surface area (Å²) in [5.41, 5.74) is 4.93. The second kappa shape index (κ2) is 8.59. The molecule has 28 heavy (non-hydrogen) atoms. The molecule has 3 aromatic rings. The van der Waals surface area contributed by atoms with Gasteiger partial charge in [0.1, 0.15) is 0 Å². The van der Waals surface area contributed by atoms with Crippen LogP contribution in [0.25, 0.3) is 11.3 Å². The van der Waals surface area contributed by atoms with Gasteiger partial charge in [-0.2, -0.15) is 5.10 Å². The lowest BCUT2D eigenvalue weighted by molar-refractivity contribution is 0.521. The van der Waals surface area contributed by atoms with Gasteiger partial charge in [-0.15, -0.1) is 11.3 Å². The molecule has 0 unspecified atom stereocenters. The van der Waals surface area contributed by atoms with Gasteiger partial charge in [0.25, 0.3) is 0 Å². The van der Waals surface area contributed by atoms with Gasteiger partial charge >= 0.3 is 0 Å². The Morgan fingerprint density at radius 2 is 1.96 bits per heavy atom. The van der Waals surface area contributed by atoms with Crippen molar-refractivity contribution in [3.63, 3.8) is 0 Å². The van der Waals surface area contributed by atoms with Crippen molar-refractivity contribution in [3.8, 4) is 11.3 Å². The summed E-state index contributed by atoms with van der Waals surface area (Å²) in [6, 6.07) is 11.8. The largest absolute Gasteiger partial charge is 0.253 e. The van der Waals surface area contributed by atoms with Crippen molar-refractivity contribution in [1.29, 1.82) is 0 Å². The Labute approximate surface area is 177 Å². The van der Waals surface area contributed by atoms with Crippen molar-refractivity contribution in [3.05, 3.63) is 63.5 Å². The quantitative estimate of drug-likeness (QED) is 0.428. The zero-order chi connectivity index (χ0) is 20.3. The number of anilines is 1. The summed E-state index contributed by atoms with van der Waals surface area (Å²) < 4.78 is 25.8. The SMILES string of the molecule is CN(C)S(=O)(=O)c1cccc(-c2csc(NN=Cc3ccc(Cl)cc3Cl)n2)c1. The molecular weight excluding hydrogens is 439 g/mol. The third kappa shape index (κ3) is 4.71. The molecule has 0 spiro atoms. The van der Waals surface area contributed by atoms with Crippen LogP contribution in [0.3, 0.4) is 0 Å². The molecule has 0 aliphatic rings. The first kappa shape index (κ1) is 20.8. The average molecular weight is 455 g/mol. The number of thiazole rings is 1. The van der Waals surface area contributed by atoms with Crippen LogP contribution in [0.2, 0.25) is 10.0 Å². The van der Waals surface area contributed by atoms with E-state index in [2.05, 4.69) is 15.5 Å². The fourth-order valence-electron chi connectivity index (χ4n) is 2.25. The van der Waals surface area contributed by atoms with E-state index in [0.717, 1.165) is 5.56 Å². The van der Waals surface area contributed by atoms with Crippen LogP contribution in [0.4, 0.5) is 5.13 Å². The summed E-state index contributed by atoms with van der Waals surface area (Å²) in [6.45, 7) is 0. The van der Waals surface area contributed by atoms with Gasteiger partial charge in [0.2, 0.25) is 15.2 Å². The Bertz CT molecular complexity index is 1130. The predicted octanol–water partition coefficient (Wildman–Crippen LogP) is 4.81. The standard InChI is InChI=1S/C18H16Cl2N4O2S2/c1-24(2)28(25,26)15-5-3-4-12(8-15)17-11-27-18(22-17)23-21-10-13-6-7-14(19)9-16(13)20/h3-11H,1-2H3,(H,22,23). The van der Waals surface area contributed by atoms with Gasteiger partial charge < -0.3 is 0 Å². The maximum atomic E-state index is 12.3. The molecule has 146 valence electrons. The molecule has 0 radical (unpaired) electrons. The van der Waals surface area contributed by atoms with Gasteiger partial charge in [-0.1, -0.05) is 41.4 Å². The number of benzene rings is 2. The minimum Gasteiger partial charge on any atom is -0.253 e. The van der Waals surface area contributed by atoms with Gasteiger partial charge in [0, 0.05) is 35.6 Å². The highest BCUT2D eigenvalue weighted by Crippen LogP contribution is 2.27. The molecule has 2 aromatic carbocycles. The van der Waals surface area contributed by atoms with Gasteiger partial charge in [-0.05, 0) is 24.3 Å². The molecule has 0 aliphatic carbocycles. The first-order valence-electron chi connectivity index (χ1n) is 8.00. The zero-order valence-corrected chi connectivity index (χ0v) is 18.1. The highest BCUT2D eigenvalue weighted by Gasteiger charge is 2.18. The lowest BCUT2D eigenvalue weighted by atomic mass is 10.2. The minimum absolute atomic E-state index is 0.216. The molecule has 0 bridgehead atoms. The summed E-state index contributed by atoms with van der Waals surface area (Å²) in [7, 11) is -0.509. The van der Waals surface area contributed by atoms with E-state index in [1.54, 1.807) is 42.6 Å². The Morgan fingerprint density at radius 3 is 2.68 bits per heavy atom. The first-order valence-corrected chi connectivity index (χ1v) is 11.1. The summed E-state index contributed by atoms with van der Waals surface area (Å²) >= 11 is 13.3. The van der Waals surface area contributed by atoms with Crippen LogP contribution >= 0.6 is 34.5 Å². The van der Waals surface area contributed by atoms with Crippen LogP contribution in [-0.2, 0) is 10.0 Å².